The van der Waals surface area contributed by atoms with Gasteiger partial charge in [0.15, 0.2) is 4.34 Å². The highest BCUT2D eigenvalue weighted by Crippen LogP contribution is 2.29. The molecule has 0 aliphatic rings. The van der Waals surface area contributed by atoms with E-state index in [1.165, 1.54) is 11.3 Å². The molecule has 0 saturated heterocycles. The zero-order chi connectivity index (χ0) is 14.7. The fourth-order valence-electron chi connectivity index (χ4n) is 1.48. The molecule has 2 aromatic rings. The second-order valence-corrected chi connectivity index (χ2v) is 7.69. The van der Waals surface area contributed by atoms with Crippen LogP contribution in [0.3, 0.4) is 0 Å². The van der Waals surface area contributed by atoms with Crippen molar-refractivity contribution in [2.45, 2.75) is 30.4 Å². The number of amides is 1. The molecule has 0 bridgehead atoms. The van der Waals surface area contributed by atoms with Crippen LogP contribution in [-0.4, -0.2) is 21.4 Å². The maximum absolute atomic E-state index is 12.1. The van der Waals surface area contributed by atoms with Crippen molar-refractivity contribution in [2.24, 2.45) is 0 Å². The fraction of sp³-hybridized carbons (Fsp3) is 0.308. The average Bonchev–Trinajstić information content (AvgIpc) is 2.75. The molecule has 1 aromatic heterocycles. The molecule has 0 aliphatic heterocycles. The van der Waals surface area contributed by atoms with Crippen LogP contribution >= 0.6 is 34.7 Å². The minimum atomic E-state index is -0.271. The number of carbonyl (C=O) groups is 1. The Morgan fingerprint density at radius 3 is 2.80 bits per heavy atom. The number of thioether (sulfide) groups is 1. The number of hydrogen-bond donors (Lipinski definition) is 1. The van der Waals surface area contributed by atoms with Gasteiger partial charge in [-0.1, -0.05) is 54.6 Å². The first kappa shape index (κ1) is 15.3. The summed E-state index contributed by atoms with van der Waals surface area (Å²) in [5.41, 5.74) is 1.45. The van der Waals surface area contributed by atoms with Gasteiger partial charge >= 0.3 is 0 Å². The SMILES string of the molecule is Cc1ccc(C(=O)Nc2nnc(SC(C)C)s2)c(Cl)c1. The lowest BCUT2D eigenvalue weighted by Crippen LogP contribution is -2.12. The summed E-state index contributed by atoms with van der Waals surface area (Å²) in [5, 5.41) is 12.0. The summed E-state index contributed by atoms with van der Waals surface area (Å²) in [5.74, 6) is -0.271. The van der Waals surface area contributed by atoms with Crippen LogP contribution in [0.4, 0.5) is 5.13 Å². The highest BCUT2D eigenvalue weighted by atomic mass is 35.5. The molecule has 0 radical (unpaired) electrons. The minimum absolute atomic E-state index is 0.271. The van der Waals surface area contributed by atoms with Crippen molar-refractivity contribution in [2.75, 3.05) is 5.32 Å². The third-order valence-corrected chi connectivity index (χ3v) is 4.57. The van der Waals surface area contributed by atoms with Crippen LogP contribution in [0, 0.1) is 6.92 Å². The van der Waals surface area contributed by atoms with Crippen LogP contribution in [-0.2, 0) is 0 Å². The van der Waals surface area contributed by atoms with Crippen LogP contribution in [0.1, 0.15) is 29.8 Å². The quantitative estimate of drug-likeness (QED) is 0.673. The topological polar surface area (TPSA) is 54.9 Å². The maximum atomic E-state index is 12.1. The van der Waals surface area contributed by atoms with Crippen molar-refractivity contribution in [1.29, 1.82) is 0 Å². The molecule has 0 unspecified atom stereocenters. The van der Waals surface area contributed by atoms with E-state index in [1.807, 2.05) is 13.0 Å². The third kappa shape index (κ3) is 3.94. The fourth-order valence-corrected chi connectivity index (χ4v) is 3.77. The van der Waals surface area contributed by atoms with E-state index < -0.39 is 0 Å². The molecule has 106 valence electrons. The predicted molar refractivity (Wildman–Crippen MR) is 85.0 cm³/mol. The van der Waals surface area contributed by atoms with Gasteiger partial charge in [0.05, 0.1) is 10.6 Å². The molecule has 7 heteroatoms. The van der Waals surface area contributed by atoms with Crippen molar-refractivity contribution in [3.8, 4) is 0 Å². The molecule has 0 fully saturated rings. The Balaban J connectivity index is 2.09. The maximum Gasteiger partial charge on any atom is 0.259 e. The van der Waals surface area contributed by atoms with E-state index in [1.54, 1.807) is 23.9 Å². The van der Waals surface area contributed by atoms with E-state index >= 15 is 0 Å². The summed E-state index contributed by atoms with van der Waals surface area (Å²) in [4.78, 5) is 12.1. The molecule has 20 heavy (non-hydrogen) atoms. The number of nitrogens with zero attached hydrogens (tertiary/aromatic N) is 2. The number of anilines is 1. The minimum Gasteiger partial charge on any atom is -0.296 e. The Kier molecular flexibility index (Phi) is 5.01. The van der Waals surface area contributed by atoms with Gasteiger partial charge in [0.25, 0.3) is 5.91 Å². The second kappa shape index (κ2) is 6.56. The Bertz CT molecular complexity index is 628. The number of carbonyl (C=O) groups excluding carboxylic acids is 1. The molecule has 0 aliphatic carbocycles. The van der Waals surface area contributed by atoms with Gasteiger partial charge in [0.2, 0.25) is 5.13 Å². The molecule has 2 rings (SSSR count). The smallest absolute Gasteiger partial charge is 0.259 e. The number of benzene rings is 1. The Morgan fingerprint density at radius 1 is 1.40 bits per heavy atom. The summed E-state index contributed by atoms with van der Waals surface area (Å²) in [6.07, 6.45) is 0. The van der Waals surface area contributed by atoms with Gasteiger partial charge in [-0.3, -0.25) is 10.1 Å². The largest absolute Gasteiger partial charge is 0.296 e. The number of nitrogens with one attached hydrogen (secondary N) is 1. The lowest BCUT2D eigenvalue weighted by molar-refractivity contribution is 0.102. The molecule has 0 atom stereocenters. The lowest BCUT2D eigenvalue weighted by Gasteiger charge is -2.04. The molecule has 0 saturated carbocycles. The van der Waals surface area contributed by atoms with Gasteiger partial charge in [-0.15, -0.1) is 10.2 Å². The molecule has 1 aromatic carbocycles. The van der Waals surface area contributed by atoms with Gasteiger partial charge in [-0.05, 0) is 24.6 Å². The van der Waals surface area contributed by atoms with Crippen molar-refractivity contribution in [3.63, 3.8) is 0 Å². The highest BCUT2D eigenvalue weighted by Gasteiger charge is 2.14. The van der Waals surface area contributed by atoms with Crippen molar-refractivity contribution in [1.82, 2.24) is 10.2 Å². The molecular weight excluding hydrogens is 314 g/mol. The van der Waals surface area contributed by atoms with Crippen LogP contribution in [0.25, 0.3) is 0 Å². The number of aromatic nitrogens is 2. The molecule has 1 heterocycles. The summed E-state index contributed by atoms with van der Waals surface area (Å²) >= 11 is 9.04. The lowest BCUT2D eigenvalue weighted by atomic mass is 10.1. The first-order valence-corrected chi connectivity index (χ1v) is 8.11. The van der Waals surface area contributed by atoms with E-state index in [0.29, 0.717) is 21.0 Å². The van der Waals surface area contributed by atoms with E-state index in [0.717, 1.165) is 9.90 Å². The average molecular weight is 328 g/mol. The van der Waals surface area contributed by atoms with Crippen LogP contribution in [0.15, 0.2) is 22.5 Å². The number of aryl methyl sites for hydroxylation is 1. The van der Waals surface area contributed by atoms with E-state index in [4.69, 9.17) is 11.6 Å². The molecule has 1 amide bonds. The monoisotopic (exact) mass is 327 g/mol. The van der Waals surface area contributed by atoms with Crippen molar-refractivity contribution >= 4 is 45.7 Å². The third-order valence-electron chi connectivity index (χ3n) is 2.33. The Hall–Kier alpha value is -1.11. The second-order valence-electron chi connectivity index (χ2n) is 4.48. The van der Waals surface area contributed by atoms with E-state index in [2.05, 4.69) is 29.4 Å². The predicted octanol–water partition coefficient (Wildman–Crippen LogP) is 4.25. The number of rotatable bonds is 4. The first-order chi connectivity index (χ1) is 9.45. The van der Waals surface area contributed by atoms with Gasteiger partial charge in [-0.25, -0.2) is 0 Å². The molecule has 4 nitrogen and oxygen atoms in total. The zero-order valence-electron chi connectivity index (χ0n) is 11.3. The van der Waals surface area contributed by atoms with Gasteiger partial charge in [0, 0.05) is 5.25 Å². The highest BCUT2D eigenvalue weighted by molar-refractivity contribution is 8.01. The molecule has 1 N–H and O–H groups in total. The number of halogens is 1. The summed E-state index contributed by atoms with van der Waals surface area (Å²) in [6.45, 7) is 6.08. The van der Waals surface area contributed by atoms with Crippen molar-refractivity contribution in [3.05, 3.63) is 34.3 Å². The standard InChI is InChI=1S/C13H14ClN3OS2/c1-7(2)19-13-17-16-12(20-13)15-11(18)9-5-4-8(3)6-10(9)14/h4-7H,1-3H3,(H,15,16,18). The summed E-state index contributed by atoms with van der Waals surface area (Å²) < 4.78 is 0.838. The Labute approximate surface area is 130 Å². The van der Waals surface area contributed by atoms with Crippen LogP contribution in [0.5, 0.6) is 0 Å². The van der Waals surface area contributed by atoms with Gasteiger partial charge < -0.3 is 0 Å². The number of hydrogen-bond acceptors (Lipinski definition) is 5. The molecule has 0 spiro atoms. The normalized spacial score (nSPS) is 10.8. The first-order valence-electron chi connectivity index (χ1n) is 6.03. The Morgan fingerprint density at radius 2 is 2.15 bits per heavy atom. The van der Waals surface area contributed by atoms with Crippen LogP contribution in [0.2, 0.25) is 5.02 Å². The van der Waals surface area contributed by atoms with Gasteiger partial charge in [0.1, 0.15) is 0 Å². The summed E-state index contributed by atoms with van der Waals surface area (Å²) in [7, 11) is 0. The molecular formula is C13H14ClN3OS2. The zero-order valence-corrected chi connectivity index (χ0v) is 13.7. The van der Waals surface area contributed by atoms with Gasteiger partial charge in [-0.2, -0.15) is 0 Å². The summed E-state index contributed by atoms with van der Waals surface area (Å²) in [6, 6.07) is 5.31. The van der Waals surface area contributed by atoms with E-state index in [9.17, 15) is 4.79 Å². The van der Waals surface area contributed by atoms with Crippen molar-refractivity contribution < 1.29 is 4.79 Å². The van der Waals surface area contributed by atoms with E-state index in [-0.39, 0.29) is 5.91 Å². The van der Waals surface area contributed by atoms with Crippen LogP contribution < -0.4 is 5.32 Å².